The molecule has 4 heteroatoms. The van der Waals surface area contributed by atoms with E-state index in [2.05, 4.69) is 41.5 Å². The molecule has 0 unspecified atom stereocenters. The highest BCUT2D eigenvalue weighted by Gasteiger charge is 2.37. The second kappa shape index (κ2) is 5.41. The van der Waals surface area contributed by atoms with Gasteiger partial charge in [-0.1, -0.05) is 41.5 Å². The summed E-state index contributed by atoms with van der Waals surface area (Å²) in [4.78, 5) is 24.9. The van der Waals surface area contributed by atoms with Crippen LogP contribution in [0.4, 0.5) is 0 Å². The van der Waals surface area contributed by atoms with E-state index >= 15 is 0 Å². The third-order valence-electron chi connectivity index (χ3n) is 4.27. The van der Waals surface area contributed by atoms with Crippen molar-refractivity contribution in [2.75, 3.05) is 0 Å². The predicted octanol–water partition coefficient (Wildman–Crippen LogP) is 2.93. The first-order valence-corrected chi connectivity index (χ1v) is 8.60. The molecule has 0 atom stereocenters. The van der Waals surface area contributed by atoms with Crippen LogP contribution in [0.1, 0.15) is 96.7 Å². The lowest BCUT2D eigenvalue weighted by Gasteiger charge is -2.24. The van der Waals surface area contributed by atoms with Gasteiger partial charge >= 0.3 is 0 Å². The number of carbonyl (C=O) groups is 2. The Hall–Kier alpha value is -1.42. The van der Waals surface area contributed by atoms with E-state index < -0.39 is 0 Å². The highest BCUT2D eigenvalue weighted by molar-refractivity contribution is 6.36. The minimum Gasteiger partial charge on any atom is -0.313 e. The number of hydrogen-bond acceptors (Lipinski definition) is 2. The summed E-state index contributed by atoms with van der Waals surface area (Å²) in [5.74, 6) is 0.718. The maximum Gasteiger partial charge on any atom is 0.253 e. The molecule has 0 fully saturated rings. The Bertz CT molecular complexity index is 618. The highest BCUT2D eigenvalue weighted by Crippen LogP contribution is 2.40. The van der Waals surface area contributed by atoms with Crippen LogP contribution in [-0.2, 0) is 0 Å². The van der Waals surface area contributed by atoms with Gasteiger partial charge in [0.1, 0.15) is 10.4 Å². The molecule has 2 amide bonds. The molecule has 1 heterocycles. The number of hydrogen-bond donors (Lipinski definition) is 0. The normalized spacial score (nSPS) is 15.0. The van der Waals surface area contributed by atoms with Gasteiger partial charge in [0.15, 0.2) is 0 Å². The minimum atomic E-state index is -0.110. The second-order valence-electron chi connectivity index (χ2n) is 6.85. The molecule has 0 aliphatic carbocycles. The summed E-state index contributed by atoms with van der Waals surface area (Å²) in [7, 11) is 0.441. The van der Waals surface area contributed by atoms with Gasteiger partial charge < -0.3 is 4.57 Å². The van der Waals surface area contributed by atoms with Crippen LogP contribution in [0.5, 0.6) is 0 Å². The van der Waals surface area contributed by atoms with Crippen LogP contribution in [0.25, 0.3) is 0 Å². The number of imide groups is 1. The summed E-state index contributed by atoms with van der Waals surface area (Å²) < 4.78 is 1.38. The molecule has 0 saturated heterocycles. The van der Waals surface area contributed by atoms with Gasteiger partial charge in [-0.3, -0.25) is 9.59 Å². The maximum atomic E-state index is 12.5. The standard InChI is InChI=1S/C17H25NO2Si/c1-8(2)11-7-12-15(17(20)18(21)16(12)19)14(10(5)6)13(11)9(3)4/h7-10H,1-6,21H3. The summed E-state index contributed by atoms with van der Waals surface area (Å²) >= 11 is 0. The Morgan fingerprint density at radius 2 is 1.38 bits per heavy atom. The van der Waals surface area contributed by atoms with Gasteiger partial charge in [0.05, 0.1) is 11.1 Å². The number of fused-ring (bicyclic) bond motifs is 1. The SMILES string of the molecule is CC(C)c1cc2c(c(C(C)C)c1C(C)C)C(=O)N([SiH3])C2=O. The Kier molecular flexibility index (Phi) is 4.11. The van der Waals surface area contributed by atoms with Gasteiger partial charge in [-0.05, 0) is 40.5 Å². The second-order valence-corrected chi connectivity index (χ2v) is 7.74. The van der Waals surface area contributed by atoms with E-state index in [4.69, 9.17) is 0 Å². The van der Waals surface area contributed by atoms with Crippen LogP contribution in [0.2, 0.25) is 0 Å². The Morgan fingerprint density at radius 1 is 0.857 bits per heavy atom. The van der Waals surface area contributed by atoms with Crippen molar-refractivity contribution in [3.8, 4) is 0 Å². The fourth-order valence-corrected chi connectivity index (χ4v) is 3.77. The van der Waals surface area contributed by atoms with E-state index in [1.807, 2.05) is 6.07 Å². The smallest absolute Gasteiger partial charge is 0.253 e. The first kappa shape index (κ1) is 16.0. The average molecular weight is 303 g/mol. The molecule has 0 aromatic heterocycles. The molecule has 1 aliphatic rings. The molecule has 0 bridgehead atoms. The summed E-state index contributed by atoms with van der Waals surface area (Å²) in [6.45, 7) is 12.9. The lowest BCUT2D eigenvalue weighted by atomic mass is 9.79. The van der Waals surface area contributed by atoms with E-state index in [0.29, 0.717) is 33.4 Å². The lowest BCUT2D eigenvalue weighted by molar-refractivity contribution is 0.0766. The van der Waals surface area contributed by atoms with Crippen LogP contribution < -0.4 is 0 Å². The molecule has 0 saturated carbocycles. The van der Waals surface area contributed by atoms with Crippen molar-refractivity contribution in [1.82, 2.24) is 4.57 Å². The van der Waals surface area contributed by atoms with Crippen molar-refractivity contribution < 1.29 is 9.59 Å². The summed E-state index contributed by atoms with van der Waals surface area (Å²) in [6, 6.07) is 1.97. The van der Waals surface area contributed by atoms with Crippen molar-refractivity contribution >= 4 is 22.2 Å². The van der Waals surface area contributed by atoms with Gasteiger partial charge in [-0.25, -0.2) is 0 Å². The van der Waals surface area contributed by atoms with Crippen molar-refractivity contribution in [2.45, 2.75) is 59.3 Å². The molecule has 0 spiro atoms. The maximum absolute atomic E-state index is 12.5. The first-order chi connectivity index (χ1) is 9.68. The Balaban J connectivity index is 2.91. The molecule has 2 rings (SSSR count). The molecule has 1 aromatic rings. The molecular formula is C17H25NO2Si. The van der Waals surface area contributed by atoms with Gasteiger partial charge in [0.25, 0.3) is 11.8 Å². The summed E-state index contributed by atoms with van der Waals surface area (Å²) in [5, 5.41) is 0. The van der Waals surface area contributed by atoms with Crippen molar-refractivity contribution in [2.24, 2.45) is 0 Å². The lowest BCUT2D eigenvalue weighted by Crippen LogP contribution is -2.26. The highest BCUT2D eigenvalue weighted by atomic mass is 28.2. The number of rotatable bonds is 3. The molecule has 114 valence electrons. The van der Waals surface area contributed by atoms with E-state index in [9.17, 15) is 9.59 Å². The molecule has 1 aliphatic heterocycles. The van der Waals surface area contributed by atoms with E-state index in [1.165, 1.54) is 15.7 Å². The van der Waals surface area contributed by atoms with Gasteiger partial charge in [0, 0.05) is 0 Å². The average Bonchev–Trinajstić information content (AvgIpc) is 2.61. The van der Waals surface area contributed by atoms with Crippen molar-refractivity contribution in [1.29, 1.82) is 0 Å². The fraction of sp³-hybridized carbons (Fsp3) is 0.529. The van der Waals surface area contributed by atoms with Crippen molar-refractivity contribution in [3.63, 3.8) is 0 Å². The molecule has 1 aromatic carbocycles. The number of carbonyl (C=O) groups excluding carboxylic acids is 2. The monoisotopic (exact) mass is 303 g/mol. The third-order valence-corrected chi connectivity index (χ3v) is 5.08. The predicted molar refractivity (Wildman–Crippen MR) is 89.1 cm³/mol. The number of nitrogens with zero attached hydrogens (tertiary/aromatic N) is 1. The summed E-state index contributed by atoms with van der Waals surface area (Å²) in [5.41, 5.74) is 4.84. The van der Waals surface area contributed by atoms with Crippen molar-refractivity contribution in [3.05, 3.63) is 33.9 Å². The van der Waals surface area contributed by atoms with Crippen LogP contribution >= 0.6 is 0 Å². The van der Waals surface area contributed by atoms with Crippen LogP contribution in [-0.4, -0.2) is 26.8 Å². The Morgan fingerprint density at radius 3 is 1.81 bits per heavy atom. The first-order valence-electron chi connectivity index (χ1n) is 7.71. The third kappa shape index (κ3) is 2.35. The zero-order valence-electron chi connectivity index (χ0n) is 14.1. The number of benzene rings is 1. The van der Waals surface area contributed by atoms with Crippen LogP contribution in [0, 0.1) is 0 Å². The van der Waals surface area contributed by atoms with E-state index in [0.717, 1.165) is 5.56 Å². The fourth-order valence-electron chi connectivity index (χ4n) is 3.30. The zero-order valence-corrected chi connectivity index (χ0v) is 16.1. The van der Waals surface area contributed by atoms with Gasteiger partial charge in [-0.15, -0.1) is 0 Å². The summed E-state index contributed by atoms with van der Waals surface area (Å²) in [6.07, 6.45) is 0. The van der Waals surface area contributed by atoms with E-state index in [1.54, 1.807) is 0 Å². The van der Waals surface area contributed by atoms with Crippen LogP contribution in [0.3, 0.4) is 0 Å². The molecular weight excluding hydrogens is 278 g/mol. The largest absolute Gasteiger partial charge is 0.313 e. The Labute approximate surface area is 130 Å². The van der Waals surface area contributed by atoms with E-state index in [-0.39, 0.29) is 17.7 Å². The van der Waals surface area contributed by atoms with Gasteiger partial charge in [0.2, 0.25) is 0 Å². The number of amides is 2. The van der Waals surface area contributed by atoms with Gasteiger partial charge in [-0.2, -0.15) is 0 Å². The molecule has 3 nitrogen and oxygen atoms in total. The topological polar surface area (TPSA) is 37.4 Å². The zero-order chi connectivity index (χ0) is 16.1. The van der Waals surface area contributed by atoms with Crippen LogP contribution in [0.15, 0.2) is 6.07 Å². The minimum absolute atomic E-state index is 0.0948. The molecule has 21 heavy (non-hydrogen) atoms. The quantitative estimate of drug-likeness (QED) is 0.636. The molecule has 0 radical (unpaired) electrons. The molecule has 0 N–H and O–H groups in total.